The van der Waals surface area contributed by atoms with E-state index in [9.17, 15) is 20.1 Å². The van der Waals surface area contributed by atoms with Gasteiger partial charge in [-0.15, -0.1) is 0 Å². The Bertz CT molecular complexity index is 708. The predicted octanol–water partition coefficient (Wildman–Crippen LogP) is 1.45. The number of halogens is 1. The van der Waals surface area contributed by atoms with Crippen LogP contribution in [0.1, 0.15) is 30.4 Å². The topological polar surface area (TPSA) is 81.0 Å². The lowest BCUT2D eigenvalue weighted by Gasteiger charge is -2.64. The molecule has 0 radical (unpaired) electrons. The smallest absolute Gasteiger partial charge is 0.161 e. The van der Waals surface area contributed by atoms with Crippen molar-refractivity contribution < 1.29 is 20.1 Å². The minimum Gasteiger partial charge on any atom is -0.504 e. The van der Waals surface area contributed by atoms with E-state index < -0.39 is 15.8 Å². The van der Waals surface area contributed by atoms with Crippen LogP contribution in [0.15, 0.2) is 12.1 Å². The van der Waals surface area contributed by atoms with Crippen LogP contribution in [0.4, 0.5) is 0 Å². The summed E-state index contributed by atoms with van der Waals surface area (Å²) in [6.45, 7) is 0.733. The lowest BCUT2D eigenvalue weighted by molar-refractivity contribution is -0.166. The third-order valence-corrected chi connectivity index (χ3v) is 7.58. The van der Waals surface area contributed by atoms with Gasteiger partial charge < -0.3 is 20.2 Å². The first-order valence-electron chi connectivity index (χ1n) is 7.96. The van der Waals surface area contributed by atoms with Crippen LogP contribution in [-0.4, -0.2) is 56.1 Å². The molecular weight excluding hydrogens is 362 g/mol. The van der Waals surface area contributed by atoms with Crippen LogP contribution in [0.3, 0.4) is 0 Å². The molecule has 6 heteroatoms. The molecule has 2 unspecified atom stereocenters. The van der Waals surface area contributed by atoms with E-state index in [1.807, 2.05) is 7.05 Å². The highest BCUT2D eigenvalue weighted by Crippen LogP contribution is 2.61. The van der Waals surface area contributed by atoms with Crippen molar-refractivity contribution in [2.45, 2.75) is 47.6 Å². The van der Waals surface area contributed by atoms with Crippen molar-refractivity contribution in [2.24, 2.45) is 0 Å². The minimum atomic E-state index is -1.10. The molecule has 4 atom stereocenters. The van der Waals surface area contributed by atoms with Gasteiger partial charge in [0.1, 0.15) is 5.78 Å². The van der Waals surface area contributed by atoms with E-state index >= 15 is 0 Å². The van der Waals surface area contributed by atoms with Crippen molar-refractivity contribution in [2.75, 3.05) is 13.6 Å². The van der Waals surface area contributed by atoms with Crippen LogP contribution < -0.4 is 0 Å². The molecule has 1 aromatic carbocycles. The molecule has 4 rings (SSSR count). The van der Waals surface area contributed by atoms with Crippen molar-refractivity contribution in [3.05, 3.63) is 23.3 Å². The summed E-state index contributed by atoms with van der Waals surface area (Å²) in [5.74, 6) is -0.341. The van der Waals surface area contributed by atoms with E-state index in [2.05, 4.69) is 20.8 Å². The standard InChI is InChI=1S/C17H20BrNO4/c1-19-7-6-16-13-9(2-3-10(20)14(13)22)8-12(19)17(16,23)5-4-11(21)15(16)18/h2-3,12,15,20,22-23H,4-8H2,1H3/t12-,15?,16?,17-/m1/s1. The second kappa shape index (κ2) is 4.71. The van der Waals surface area contributed by atoms with Gasteiger partial charge in [-0.05, 0) is 44.5 Å². The average Bonchev–Trinajstić information content (AvgIpc) is 2.51. The number of benzene rings is 1. The number of aromatic hydroxyl groups is 2. The Labute approximate surface area is 143 Å². The van der Waals surface area contributed by atoms with Gasteiger partial charge in [0.15, 0.2) is 11.5 Å². The number of nitrogens with zero attached hydrogens (tertiary/aromatic N) is 1. The number of rotatable bonds is 0. The fraction of sp³-hybridized carbons (Fsp3) is 0.588. The van der Waals surface area contributed by atoms with Gasteiger partial charge in [-0.2, -0.15) is 0 Å². The first kappa shape index (κ1) is 15.4. The zero-order chi connectivity index (χ0) is 16.6. The van der Waals surface area contributed by atoms with Crippen LogP contribution in [0.5, 0.6) is 11.5 Å². The lowest BCUT2D eigenvalue weighted by Crippen LogP contribution is -2.75. The number of hydrogen-bond acceptors (Lipinski definition) is 5. The fourth-order valence-electron chi connectivity index (χ4n) is 5.13. The number of carbonyl (C=O) groups is 1. The summed E-state index contributed by atoms with van der Waals surface area (Å²) in [4.78, 5) is 14.1. The minimum absolute atomic E-state index is 0.0496. The molecule has 3 N–H and O–H groups in total. The molecule has 0 amide bonds. The third kappa shape index (κ3) is 1.67. The number of phenolic OH excluding ortho intramolecular Hbond substituents is 2. The number of likely N-dealkylation sites (tertiary alicyclic amines) is 1. The monoisotopic (exact) mass is 381 g/mol. The number of hydrogen-bond donors (Lipinski definition) is 3. The highest BCUT2D eigenvalue weighted by atomic mass is 79.9. The van der Waals surface area contributed by atoms with E-state index in [-0.39, 0.29) is 23.3 Å². The molecule has 23 heavy (non-hydrogen) atoms. The van der Waals surface area contributed by atoms with Crippen LogP contribution in [0, 0.1) is 0 Å². The van der Waals surface area contributed by atoms with Gasteiger partial charge >= 0.3 is 0 Å². The Morgan fingerprint density at radius 2 is 2.04 bits per heavy atom. The number of carbonyl (C=O) groups excluding carboxylic acids is 1. The van der Waals surface area contributed by atoms with E-state index in [0.717, 1.165) is 12.1 Å². The highest BCUT2D eigenvalue weighted by molar-refractivity contribution is 9.10. The summed E-state index contributed by atoms with van der Waals surface area (Å²) < 4.78 is 0. The van der Waals surface area contributed by atoms with E-state index in [0.29, 0.717) is 31.2 Å². The molecule has 2 fully saturated rings. The summed E-state index contributed by atoms with van der Waals surface area (Å²) in [7, 11) is 2.00. The van der Waals surface area contributed by atoms with Crippen molar-refractivity contribution >= 4 is 21.7 Å². The van der Waals surface area contributed by atoms with E-state index in [4.69, 9.17) is 0 Å². The SMILES string of the molecule is CN1CCC23c4c(ccc(O)c4O)C[C@@H]1[C@]2(O)CCC(=O)C3Br. The van der Waals surface area contributed by atoms with Crippen LogP contribution in [-0.2, 0) is 16.6 Å². The Kier molecular flexibility index (Phi) is 3.16. The summed E-state index contributed by atoms with van der Waals surface area (Å²) >= 11 is 3.54. The first-order chi connectivity index (χ1) is 10.8. The van der Waals surface area contributed by atoms with E-state index in [1.165, 1.54) is 6.07 Å². The van der Waals surface area contributed by atoms with Gasteiger partial charge in [0.05, 0.1) is 15.8 Å². The van der Waals surface area contributed by atoms with Gasteiger partial charge in [0, 0.05) is 18.0 Å². The highest BCUT2D eigenvalue weighted by Gasteiger charge is 2.68. The summed E-state index contributed by atoms with van der Waals surface area (Å²) in [6, 6.07) is 3.19. The molecule has 1 saturated carbocycles. The number of ketones is 1. The lowest BCUT2D eigenvalue weighted by atomic mass is 9.49. The molecule has 1 saturated heterocycles. The van der Waals surface area contributed by atoms with Crippen molar-refractivity contribution in [3.63, 3.8) is 0 Å². The molecule has 1 aliphatic heterocycles. The van der Waals surface area contributed by atoms with Crippen LogP contribution in [0.2, 0.25) is 0 Å². The molecular formula is C17H20BrNO4. The Hall–Kier alpha value is -1.11. The number of phenols is 2. The number of aliphatic hydroxyl groups is 1. The second-order valence-electron chi connectivity index (χ2n) is 7.14. The van der Waals surface area contributed by atoms with Gasteiger partial charge in [0.2, 0.25) is 0 Å². The number of likely N-dealkylation sites (N-methyl/N-ethyl adjacent to an activating group) is 1. The van der Waals surface area contributed by atoms with Crippen LogP contribution >= 0.6 is 15.9 Å². The number of fused-ring (bicyclic) bond motifs is 1. The van der Waals surface area contributed by atoms with Crippen LogP contribution in [0.25, 0.3) is 0 Å². The van der Waals surface area contributed by atoms with Crippen molar-refractivity contribution in [1.29, 1.82) is 0 Å². The number of alkyl halides is 1. The average molecular weight is 382 g/mol. The molecule has 1 aromatic rings. The molecule has 2 aliphatic carbocycles. The predicted molar refractivity (Wildman–Crippen MR) is 88.1 cm³/mol. The maximum absolute atomic E-state index is 12.5. The van der Waals surface area contributed by atoms with Crippen molar-refractivity contribution in [3.8, 4) is 11.5 Å². The maximum atomic E-state index is 12.5. The Balaban J connectivity index is 2.07. The Morgan fingerprint density at radius 3 is 2.78 bits per heavy atom. The van der Waals surface area contributed by atoms with Crippen molar-refractivity contribution in [1.82, 2.24) is 4.90 Å². The Morgan fingerprint density at radius 1 is 1.30 bits per heavy atom. The quantitative estimate of drug-likeness (QED) is 0.468. The zero-order valence-corrected chi connectivity index (χ0v) is 14.5. The summed E-state index contributed by atoms with van der Waals surface area (Å²) in [5.41, 5.74) is -0.532. The van der Waals surface area contributed by atoms with Gasteiger partial charge in [-0.1, -0.05) is 22.0 Å². The zero-order valence-electron chi connectivity index (χ0n) is 12.9. The van der Waals surface area contributed by atoms with Gasteiger partial charge in [-0.25, -0.2) is 0 Å². The van der Waals surface area contributed by atoms with Gasteiger partial charge in [0.25, 0.3) is 0 Å². The molecule has 0 spiro atoms. The molecule has 124 valence electrons. The maximum Gasteiger partial charge on any atom is 0.161 e. The third-order valence-electron chi connectivity index (χ3n) is 6.28. The molecule has 0 aromatic heterocycles. The number of piperidine rings is 1. The van der Waals surface area contributed by atoms with Gasteiger partial charge in [-0.3, -0.25) is 4.79 Å². The fourth-order valence-corrected chi connectivity index (χ4v) is 6.21. The normalized spacial score (nSPS) is 39.7. The van der Waals surface area contributed by atoms with E-state index in [1.54, 1.807) is 6.07 Å². The molecule has 1 heterocycles. The summed E-state index contributed by atoms with van der Waals surface area (Å²) in [5, 5.41) is 32.2. The molecule has 5 nitrogen and oxygen atoms in total. The summed E-state index contributed by atoms with van der Waals surface area (Å²) in [6.07, 6.45) is 1.87. The largest absolute Gasteiger partial charge is 0.504 e. The second-order valence-corrected chi connectivity index (χ2v) is 8.06. The first-order valence-corrected chi connectivity index (χ1v) is 8.88. The molecule has 3 aliphatic rings. The molecule has 2 bridgehead atoms. The number of Topliss-reactive ketones (excluding diaryl/α,β-unsaturated/α-hetero) is 1.